The van der Waals surface area contributed by atoms with Gasteiger partial charge in [-0.15, -0.1) is 0 Å². The Morgan fingerprint density at radius 2 is 1.70 bits per heavy atom. The zero-order valence-corrected chi connectivity index (χ0v) is 27.7. The summed E-state index contributed by atoms with van der Waals surface area (Å²) in [5, 5.41) is 10.0. The van der Waals surface area contributed by atoms with Crippen LogP contribution in [0.3, 0.4) is 0 Å². The molecule has 2 aromatic heterocycles. The van der Waals surface area contributed by atoms with Crippen molar-refractivity contribution in [1.82, 2.24) is 20.3 Å². The molecule has 0 fully saturated rings. The number of aryl methyl sites for hydroxylation is 1. The smallest absolute Gasteiger partial charge is 0.412 e. The minimum Gasteiger partial charge on any atom is -0.444 e. The Bertz CT molecular complexity index is 1870. The van der Waals surface area contributed by atoms with E-state index in [2.05, 4.69) is 39.8 Å². The Morgan fingerprint density at radius 3 is 2.41 bits per heavy atom. The van der Waals surface area contributed by atoms with Gasteiger partial charge in [0.25, 0.3) is 5.91 Å². The van der Waals surface area contributed by atoms with Crippen molar-refractivity contribution in [2.45, 2.75) is 69.4 Å². The Balaban J connectivity index is 1.42. The second-order valence-electron chi connectivity index (χ2n) is 12.2. The van der Waals surface area contributed by atoms with Crippen molar-refractivity contribution < 1.29 is 14.3 Å². The highest BCUT2D eigenvalue weighted by atomic mass is 32.2. The summed E-state index contributed by atoms with van der Waals surface area (Å²) in [6, 6.07) is 25.0. The topological polar surface area (TPSA) is 118 Å². The van der Waals surface area contributed by atoms with E-state index in [9.17, 15) is 9.59 Å². The molecule has 9 nitrogen and oxygen atoms in total. The van der Waals surface area contributed by atoms with Crippen LogP contribution in [0.2, 0.25) is 0 Å². The molecular weight excluding hydrogens is 597 g/mol. The SMILES string of the molecule is Cc1ccccc1CNC(=O)c1ccc(Sc2ccc(NC(=O)OC(C)(C)C)cc2)c(Nc2ncnc3nc(C(C)C)ccc23)c1. The Labute approximate surface area is 273 Å². The van der Waals surface area contributed by atoms with E-state index in [1.807, 2.05) is 107 Å². The van der Waals surface area contributed by atoms with Gasteiger partial charge in [-0.1, -0.05) is 49.9 Å². The number of anilines is 3. The summed E-state index contributed by atoms with van der Waals surface area (Å²) in [5.74, 6) is 0.666. The van der Waals surface area contributed by atoms with Crippen LogP contribution in [-0.4, -0.2) is 32.6 Å². The number of pyridine rings is 1. The Morgan fingerprint density at radius 1 is 0.935 bits per heavy atom. The maximum absolute atomic E-state index is 13.3. The number of rotatable bonds is 9. The van der Waals surface area contributed by atoms with Crippen LogP contribution in [0.1, 0.15) is 67.7 Å². The van der Waals surface area contributed by atoms with E-state index in [-0.39, 0.29) is 11.8 Å². The van der Waals surface area contributed by atoms with Crippen molar-refractivity contribution in [3.05, 3.63) is 108 Å². The van der Waals surface area contributed by atoms with Gasteiger partial charge in [0, 0.05) is 33.3 Å². The fraction of sp³-hybridized carbons (Fsp3) is 0.250. The van der Waals surface area contributed by atoms with Crippen LogP contribution in [0.4, 0.5) is 22.0 Å². The number of ether oxygens (including phenoxy) is 1. The molecule has 0 spiro atoms. The molecule has 0 atom stereocenters. The van der Waals surface area contributed by atoms with Crippen molar-refractivity contribution >= 4 is 52.0 Å². The zero-order valence-electron chi connectivity index (χ0n) is 26.8. The van der Waals surface area contributed by atoms with Gasteiger partial charge in [0.2, 0.25) is 0 Å². The first kappa shape index (κ1) is 32.4. The van der Waals surface area contributed by atoms with Crippen molar-refractivity contribution in [3.63, 3.8) is 0 Å². The predicted molar refractivity (Wildman–Crippen MR) is 184 cm³/mol. The van der Waals surface area contributed by atoms with Crippen LogP contribution >= 0.6 is 11.8 Å². The van der Waals surface area contributed by atoms with Crippen LogP contribution in [-0.2, 0) is 11.3 Å². The molecule has 0 bridgehead atoms. The average Bonchev–Trinajstić information content (AvgIpc) is 3.01. The highest BCUT2D eigenvalue weighted by Crippen LogP contribution is 2.37. The molecule has 0 saturated heterocycles. The third kappa shape index (κ3) is 8.39. The zero-order chi connectivity index (χ0) is 32.8. The number of carbonyl (C=O) groups is 2. The third-order valence-electron chi connectivity index (χ3n) is 7.03. The lowest BCUT2D eigenvalue weighted by Crippen LogP contribution is -2.27. The molecule has 5 aromatic rings. The molecule has 236 valence electrons. The van der Waals surface area contributed by atoms with Gasteiger partial charge in [-0.25, -0.2) is 19.7 Å². The van der Waals surface area contributed by atoms with E-state index in [0.717, 1.165) is 32.0 Å². The van der Waals surface area contributed by atoms with E-state index >= 15 is 0 Å². The van der Waals surface area contributed by atoms with E-state index in [4.69, 9.17) is 9.72 Å². The number of nitrogens with zero attached hydrogens (tertiary/aromatic N) is 3. The third-order valence-corrected chi connectivity index (χ3v) is 8.12. The summed E-state index contributed by atoms with van der Waals surface area (Å²) in [6.07, 6.45) is 0.978. The molecule has 5 rings (SSSR count). The summed E-state index contributed by atoms with van der Waals surface area (Å²) < 4.78 is 5.36. The van der Waals surface area contributed by atoms with Gasteiger partial charge in [0.15, 0.2) is 5.65 Å². The van der Waals surface area contributed by atoms with E-state index in [0.29, 0.717) is 34.9 Å². The van der Waals surface area contributed by atoms with E-state index in [1.54, 1.807) is 0 Å². The molecule has 0 unspecified atom stereocenters. The maximum Gasteiger partial charge on any atom is 0.412 e. The fourth-order valence-corrected chi connectivity index (χ4v) is 5.49. The van der Waals surface area contributed by atoms with Gasteiger partial charge in [-0.3, -0.25) is 10.1 Å². The van der Waals surface area contributed by atoms with Crippen molar-refractivity contribution in [2.75, 3.05) is 10.6 Å². The first-order valence-electron chi connectivity index (χ1n) is 15.1. The fourth-order valence-electron chi connectivity index (χ4n) is 4.60. The average molecular weight is 635 g/mol. The number of hydrogen-bond donors (Lipinski definition) is 3. The minimum atomic E-state index is -0.589. The van der Waals surface area contributed by atoms with E-state index in [1.165, 1.54) is 18.1 Å². The summed E-state index contributed by atoms with van der Waals surface area (Å²) in [7, 11) is 0. The maximum atomic E-state index is 13.3. The number of carbonyl (C=O) groups excluding carboxylic acids is 2. The summed E-state index contributed by atoms with van der Waals surface area (Å²) in [4.78, 5) is 41.0. The number of amides is 2. The quantitative estimate of drug-likeness (QED) is 0.147. The number of nitrogens with one attached hydrogen (secondary N) is 3. The molecular formula is C36H38N6O3S. The van der Waals surface area contributed by atoms with Crippen LogP contribution in [0.25, 0.3) is 11.0 Å². The molecule has 3 aromatic carbocycles. The van der Waals surface area contributed by atoms with Gasteiger partial charge in [-0.05, 0) is 99.3 Å². The molecule has 2 heterocycles. The van der Waals surface area contributed by atoms with Crippen molar-refractivity contribution in [1.29, 1.82) is 0 Å². The lowest BCUT2D eigenvalue weighted by atomic mass is 10.1. The van der Waals surface area contributed by atoms with E-state index < -0.39 is 11.7 Å². The largest absolute Gasteiger partial charge is 0.444 e. The first-order chi connectivity index (χ1) is 21.9. The predicted octanol–water partition coefficient (Wildman–Crippen LogP) is 8.63. The molecule has 2 amide bonds. The minimum absolute atomic E-state index is 0.184. The van der Waals surface area contributed by atoms with Gasteiger partial charge in [0.1, 0.15) is 17.7 Å². The first-order valence-corrected chi connectivity index (χ1v) is 15.9. The highest BCUT2D eigenvalue weighted by Gasteiger charge is 2.17. The standard InChI is InChI=1S/C36H38N6O3S/c1-22(2)29-17-16-28-32(41-29)38-21-39-33(28)42-30-19-24(34(43)37-20-25-10-8-7-9-23(25)3)11-18-31(30)46-27-14-12-26(13-15-27)40-35(44)45-36(4,5)6/h7-19,21-22H,20H2,1-6H3,(H,37,43)(H,40,44)(H,38,39,41,42). The highest BCUT2D eigenvalue weighted by molar-refractivity contribution is 7.99. The summed E-state index contributed by atoms with van der Waals surface area (Å²) in [6.45, 7) is 12.1. The summed E-state index contributed by atoms with van der Waals surface area (Å²) >= 11 is 1.52. The lowest BCUT2D eigenvalue weighted by molar-refractivity contribution is 0.0635. The van der Waals surface area contributed by atoms with Gasteiger partial charge >= 0.3 is 6.09 Å². The molecule has 0 radical (unpaired) electrons. The normalized spacial score (nSPS) is 11.4. The second kappa shape index (κ2) is 14.0. The number of fused-ring (bicyclic) bond motifs is 1. The number of aromatic nitrogens is 3. The van der Waals surface area contributed by atoms with Crippen LogP contribution in [0.5, 0.6) is 0 Å². The number of benzene rings is 3. The Hall–Kier alpha value is -4.96. The molecule has 0 aliphatic heterocycles. The molecule has 0 aliphatic carbocycles. The molecule has 0 aliphatic rings. The molecule has 46 heavy (non-hydrogen) atoms. The van der Waals surface area contributed by atoms with Gasteiger partial charge in [-0.2, -0.15) is 0 Å². The second-order valence-corrected chi connectivity index (χ2v) is 13.3. The Kier molecular flexibility index (Phi) is 9.87. The van der Waals surface area contributed by atoms with Gasteiger partial charge in [0.05, 0.1) is 11.1 Å². The summed E-state index contributed by atoms with van der Waals surface area (Å²) in [5.41, 5.74) is 4.98. The van der Waals surface area contributed by atoms with Crippen LogP contribution in [0.15, 0.2) is 95.0 Å². The monoisotopic (exact) mass is 634 g/mol. The lowest BCUT2D eigenvalue weighted by Gasteiger charge is -2.19. The van der Waals surface area contributed by atoms with Crippen LogP contribution in [0, 0.1) is 6.92 Å². The number of hydrogen-bond acceptors (Lipinski definition) is 8. The van der Waals surface area contributed by atoms with Crippen LogP contribution < -0.4 is 16.0 Å². The van der Waals surface area contributed by atoms with Crippen molar-refractivity contribution in [3.8, 4) is 0 Å². The van der Waals surface area contributed by atoms with Gasteiger partial charge < -0.3 is 15.4 Å². The van der Waals surface area contributed by atoms with Crippen molar-refractivity contribution in [2.24, 2.45) is 0 Å². The molecule has 10 heteroatoms. The molecule has 0 saturated carbocycles. The molecule has 3 N–H and O–H groups in total.